The van der Waals surface area contributed by atoms with Crippen LogP contribution in [-0.2, 0) is 44.9 Å². The second-order valence-corrected chi connectivity index (χ2v) is 13.4. The first kappa shape index (κ1) is 36.1. The zero-order valence-corrected chi connectivity index (χ0v) is 27.9. The second kappa shape index (κ2) is 14.6. The van der Waals surface area contributed by atoms with Crippen molar-refractivity contribution >= 4 is 23.7 Å². The fourth-order valence-corrected chi connectivity index (χ4v) is 4.94. The van der Waals surface area contributed by atoms with Crippen LogP contribution >= 0.6 is 0 Å². The van der Waals surface area contributed by atoms with Gasteiger partial charge in [-0.3, -0.25) is 4.79 Å². The molecule has 0 saturated heterocycles. The van der Waals surface area contributed by atoms with E-state index in [4.69, 9.17) is 18.9 Å². The van der Waals surface area contributed by atoms with Crippen molar-refractivity contribution < 1.29 is 46.5 Å². The minimum atomic E-state index is -4.63. The predicted octanol–water partition coefficient (Wildman–Crippen LogP) is 7.38. The number of halogens is 3. The summed E-state index contributed by atoms with van der Waals surface area (Å²) in [6, 6.07) is 16.5. The van der Waals surface area contributed by atoms with Crippen molar-refractivity contribution in [1.29, 1.82) is 0 Å². The maximum absolute atomic E-state index is 13.9. The maximum atomic E-state index is 13.9. The highest BCUT2D eigenvalue weighted by Gasteiger charge is 2.36. The summed E-state index contributed by atoms with van der Waals surface area (Å²) in [6.45, 7) is 10.3. The van der Waals surface area contributed by atoms with Crippen molar-refractivity contribution in [2.45, 2.75) is 91.0 Å². The van der Waals surface area contributed by atoms with E-state index in [9.17, 15) is 27.6 Å². The highest BCUT2D eigenvalue weighted by Crippen LogP contribution is 2.38. The molecule has 0 aliphatic carbocycles. The third-order valence-electron chi connectivity index (χ3n) is 7.00. The number of hydrogen-bond donors (Lipinski definition) is 1. The summed E-state index contributed by atoms with van der Waals surface area (Å²) in [5.74, 6) is -1.04. The summed E-state index contributed by atoms with van der Waals surface area (Å²) < 4.78 is 63.7. The number of anilines is 1. The number of rotatable bonds is 10. The normalized spacial score (nSPS) is 13.7. The lowest BCUT2D eigenvalue weighted by Gasteiger charge is -2.27. The molecule has 0 fully saturated rings. The van der Waals surface area contributed by atoms with Crippen LogP contribution in [0.2, 0.25) is 0 Å². The van der Waals surface area contributed by atoms with Gasteiger partial charge in [0.25, 0.3) is 0 Å². The Hall–Kier alpha value is -4.74. The molecule has 0 bridgehead atoms. The van der Waals surface area contributed by atoms with Gasteiger partial charge in [-0.2, -0.15) is 13.2 Å². The van der Waals surface area contributed by atoms with Crippen LogP contribution in [0, 0.1) is 0 Å². The molecule has 0 spiro atoms. The van der Waals surface area contributed by atoms with Gasteiger partial charge >= 0.3 is 18.2 Å². The largest absolute Gasteiger partial charge is 0.489 e. The topological polar surface area (TPSA) is 103 Å². The van der Waals surface area contributed by atoms with Crippen molar-refractivity contribution in [3.8, 4) is 11.5 Å². The lowest BCUT2D eigenvalue weighted by atomic mass is 10.1. The van der Waals surface area contributed by atoms with E-state index in [-0.39, 0.29) is 25.4 Å². The minimum absolute atomic E-state index is 0.00365. The molecule has 0 radical (unpaired) electrons. The maximum Gasteiger partial charge on any atom is 0.419 e. The average molecular weight is 671 g/mol. The van der Waals surface area contributed by atoms with E-state index in [0.717, 1.165) is 17.2 Å². The van der Waals surface area contributed by atoms with Crippen LogP contribution < -0.4 is 19.7 Å². The Morgan fingerprint density at radius 3 is 2.12 bits per heavy atom. The Balaban J connectivity index is 1.42. The predicted molar refractivity (Wildman–Crippen MR) is 173 cm³/mol. The number of carbonyl (C=O) groups is 3. The van der Waals surface area contributed by atoms with Crippen LogP contribution in [0.4, 0.5) is 23.7 Å². The smallest absolute Gasteiger partial charge is 0.419 e. The number of alkyl carbamates (subject to hydrolysis) is 1. The van der Waals surface area contributed by atoms with Crippen LogP contribution in [0.3, 0.4) is 0 Å². The van der Waals surface area contributed by atoms with E-state index >= 15 is 0 Å². The Bertz CT molecular complexity index is 1610. The van der Waals surface area contributed by atoms with Gasteiger partial charge in [0.2, 0.25) is 5.91 Å². The molecule has 1 heterocycles. The highest BCUT2D eigenvalue weighted by atomic mass is 19.4. The Morgan fingerprint density at radius 2 is 1.48 bits per heavy atom. The van der Waals surface area contributed by atoms with Crippen molar-refractivity contribution in [2.75, 3.05) is 11.4 Å². The van der Waals surface area contributed by atoms with Crippen LogP contribution in [0.25, 0.3) is 0 Å². The molecule has 1 aliphatic rings. The van der Waals surface area contributed by atoms with Crippen molar-refractivity contribution in [3.05, 3.63) is 89.0 Å². The zero-order valence-electron chi connectivity index (χ0n) is 27.9. The van der Waals surface area contributed by atoms with Gasteiger partial charge in [-0.05, 0) is 95.0 Å². The third-order valence-corrected chi connectivity index (χ3v) is 7.00. The van der Waals surface area contributed by atoms with Gasteiger partial charge < -0.3 is 29.2 Å². The number of hydrogen-bond acceptors (Lipinski definition) is 7. The van der Waals surface area contributed by atoms with E-state index < -0.39 is 47.0 Å². The number of carbonyl (C=O) groups excluding carboxylic acids is 3. The first-order valence-corrected chi connectivity index (χ1v) is 15.5. The number of amides is 2. The molecule has 1 atom stereocenters. The Labute approximate surface area is 278 Å². The molecule has 2 amide bonds. The molecule has 4 rings (SSSR count). The summed E-state index contributed by atoms with van der Waals surface area (Å²) in [5, 5.41) is 2.47. The quantitative estimate of drug-likeness (QED) is 0.225. The molecule has 0 saturated carbocycles. The summed E-state index contributed by atoms with van der Waals surface area (Å²) in [7, 11) is 0. The van der Waals surface area contributed by atoms with E-state index in [0.29, 0.717) is 30.0 Å². The minimum Gasteiger partial charge on any atom is -0.489 e. The summed E-state index contributed by atoms with van der Waals surface area (Å²) >= 11 is 0. The first-order chi connectivity index (χ1) is 22.4. The highest BCUT2D eigenvalue weighted by molar-refractivity contribution is 5.98. The molecule has 3 aromatic rings. The number of fused-ring (bicyclic) bond motifs is 1. The fourth-order valence-electron chi connectivity index (χ4n) is 4.94. The van der Waals surface area contributed by atoms with Gasteiger partial charge in [-0.25, -0.2) is 9.59 Å². The van der Waals surface area contributed by atoms with E-state index in [1.165, 1.54) is 17.0 Å². The second-order valence-electron chi connectivity index (χ2n) is 13.4. The van der Waals surface area contributed by atoms with Crippen LogP contribution in [0.1, 0.15) is 70.2 Å². The van der Waals surface area contributed by atoms with E-state index in [2.05, 4.69) is 5.32 Å². The van der Waals surface area contributed by atoms with E-state index in [1.807, 2.05) is 6.07 Å². The molecular weight excluding hydrogens is 629 g/mol. The Morgan fingerprint density at radius 1 is 0.812 bits per heavy atom. The summed E-state index contributed by atoms with van der Waals surface area (Å²) in [5.41, 5.74) is -0.124. The van der Waals surface area contributed by atoms with Crippen LogP contribution in [-0.4, -0.2) is 41.8 Å². The SMILES string of the molecule is CC(C)(C)OC(=O)NC(CC(=O)N1CCc2cc(OCc3ccc(OCc4ccccc4)c(C(F)(F)F)c3)ccc21)C(=O)OC(C)(C)C. The van der Waals surface area contributed by atoms with Crippen molar-refractivity contribution in [3.63, 3.8) is 0 Å². The Kier molecular flexibility index (Phi) is 11.0. The van der Waals surface area contributed by atoms with Gasteiger partial charge in [-0.15, -0.1) is 0 Å². The van der Waals surface area contributed by atoms with Gasteiger partial charge in [0, 0.05) is 12.2 Å². The first-order valence-electron chi connectivity index (χ1n) is 15.5. The molecule has 258 valence electrons. The van der Waals surface area contributed by atoms with Gasteiger partial charge in [0.15, 0.2) is 0 Å². The number of nitrogens with one attached hydrogen (secondary N) is 1. The van der Waals surface area contributed by atoms with E-state index in [1.54, 1.807) is 84.0 Å². The standard InChI is InChI=1S/C36H41F3N2O7/c1-34(2,3)47-32(43)28(40-33(44)48-35(4,5)6)20-31(42)41-17-16-25-19-26(13-14-29(25)41)45-22-24-12-15-30(27(18-24)36(37,38)39)46-21-23-10-8-7-9-11-23/h7-15,18-19,28H,16-17,20-22H2,1-6H3,(H,40,44). The monoisotopic (exact) mass is 670 g/mol. The average Bonchev–Trinajstić information content (AvgIpc) is 3.40. The van der Waals surface area contributed by atoms with Crippen LogP contribution in [0.15, 0.2) is 66.7 Å². The molecule has 48 heavy (non-hydrogen) atoms. The number of benzene rings is 3. The lowest BCUT2D eigenvalue weighted by molar-refractivity contribution is -0.158. The third kappa shape index (κ3) is 10.4. The zero-order chi connectivity index (χ0) is 35.3. The molecule has 1 aliphatic heterocycles. The number of nitrogens with zero attached hydrogens (tertiary/aromatic N) is 1. The summed E-state index contributed by atoms with van der Waals surface area (Å²) in [6.07, 6.45) is -5.36. The molecule has 1 unspecified atom stereocenters. The lowest BCUT2D eigenvalue weighted by Crippen LogP contribution is -2.48. The molecule has 9 nitrogen and oxygen atoms in total. The molecule has 3 aromatic carbocycles. The van der Waals surface area contributed by atoms with Gasteiger partial charge in [-0.1, -0.05) is 36.4 Å². The fraction of sp³-hybridized carbons (Fsp3) is 0.417. The number of esters is 1. The molecule has 1 N–H and O–H groups in total. The van der Waals surface area contributed by atoms with Crippen molar-refractivity contribution in [2.24, 2.45) is 0 Å². The van der Waals surface area contributed by atoms with Crippen LogP contribution in [0.5, 0.6) is 11.5 Å². The molecule has 0 aromatic heterocycles. The number of ether oxygens (including phenoxy) is 4. The van der Waals surface area contributed by atoms with Gasteiger partial charge in [0.05, 0.1) is 12.0 Å². The van der Waals surface area contributed by atoms with Crippen molar-refractivity contribution in [1.82, 2.24) is 5.32 Å². The molecular formula is C36H41F3N2O7. The summed E-state index contributed by atoms with van der Waals surface area (Å²) in [4.78, 5) is 40.3. The van der Waals surface area contributed by atoms with Gasteiger partial charge in [0.1, 0.15) is 42.0 Å². The number of alkyl halides is 3. The molecule has 12 heteroatoms.